The van der Waals surface area contributed by atoms with Crippen LogP contribution in [-0.2, 0) is 0 Å². The number of hydrogen-bond acceptors (Lipinski definition) is 3. The van der Waals surface area contributed by atoms with E-state index >= 15 is 0 Å². The minimum absolute atomic E-state index is 0.280. The number of nitrogens with one attached hydrogen (secondary N) is 2. The molecule has 1 unspecified atom stereocenters. The highest BCUT2D eigenvalue weighted by Gasteiger charge is 2.30. The molecule has 5 heteroatoms. The summed E-state index contributed by atoms with van der Waals surface area (Å²) < 4.78 is 26.8. The van der Waals surface area contributed by atoms with Gasteiger partial charge in [-0.3, -0.25) is 0 Å². The van der Waals surface area contributed by atoms with Crippen molar-refractivity contribution in [2.24, 2.45) is 0 Å². The van der Waals surface area contributed by atoms with Gasteiger partial charge in [-0.25, -0.2) is 8.78 Å². The predicted octanol–water partition coefficient (Wildman–Crippen LogP) is 1.17. The van der Waals surface area contributed by atoms with Crippen molar-refractivity contribution in [1.29, 1.82) is 0 Å². The zero-order chi connectivity index (χ0) is 11.1. The molecule has 1 aromatic carbocycles. The summed E-state index contributed by atoms with van der Waals surface area (Å²) in [5.41, 5.74) is 1.08. The van der Waals surface area contributed by atoms with E-state index in [-0.39, 0.29) is 6.04 Å². The number of nitrogens with zero attached hydrogens (tertiary/aromatic N) is 1. The third-order valence-electron chi connectivity index (χ3n) is 3.21. The lowest BCUT2D eigenvalue weighted by molar-refractivity contribution is 0.476. The summed E-state index contributed by atoms with van der Waals surface area (Å²) in [4.78, 5) is 2.08. The van der Waals surface area contributed by atoms with Crippen LogP contribution in [0, 0.1) is 11.6 Å². The maximum Gasteiger partial charge on any atom is 0.151 e. The van der Waals surface area contributed by atoms with E-state index in [0.29, 0.717) is 17.9 Å². The fourth-order valence-corrected chi connectivity index (χ4v) is 2.44. The summed E-state index contributed by atoms with van der Waals surface area (Å²) >= 11 is 0. The van der Waals surface area contributed by atoms with Crippen LogP contribution in [0.2, 0.25) is 0 Å². The maximum atomic E-state index is 13.5. The summed E-state index contributed by atoms with van der Waals surface area (Å²) in [5, 5.41) is 6.31. The first-order valence-corrected chi connectivity index (χ1v) is 5.46. The molecule has 0 amide bonds. The van der Waals surface area contributed by atoms with Crippen LogP contribution >= 0.6 is 0 Å². The van der Waals surface area contributed by atoms with Crippen molar-refractivity contribution in [2.45, 2.75) is 6.04 Å². The zero-order valence-corrected chi connectivity index (χ0v) is 8.76. The number of anilines is 2. The summed E-state index contributed by atoms with van der Waals surface area (Å²) in [5.74, 6) is -1.02. The van der Waals surface area contributed by atoms with Gasteiger partial charge in [-0.2, -0.15) is 0 Å². The van der Waals surface area contributed by atoms with Crippen molar-refractivity contribution in [2.75, 3.05) is 36.4 Å². The molecule has 3 nitrogen and oxygen atoms in total. The van der Waals surface area contributed by atoms with Crippen LogP contribution in [0.5, 0.6) is 0 Å². The minimum atomic E-state index is -0.516. The van der Waals surface area contributed by atoms with Gasteiger partial charge in [0.05, 0.1) is 17.4 Å². The molecule has 2 N–H and O–H groups in total. The average molecular weight is 225 g/mol. The third kappa shape index (κ3) is 1.43. The van der Waals surface area contributed by atoms with E-state index in [1.165, 1.54) is 6.07 Å². The number of fused-ring (bicyclic) bond motifs is 3. The number of halogens is 2. The fourth-order valence-electron chi connectivity index (χ4n) is 2.44. The molecule has 1 saturated heterocycles. The molecule has 0 aliphatic carbocycles. The highest BCUT2D eigenvalue weighted by molar-refractivity contribution is 5.73. The van der Waals surface area contributed by atoms with Crippen LogP contribution in [0.1, 0.15) is 0 Å². The quantitative estimate of drug-likeness (QED) is 0.694. The maximum absolute atomic E-state index is 13.5. The lowest BCUT2D eigenvalue weighted by Crippen LogP contribution is -2.56. The van der Waals surface area contributed by atoms with Crippen LogP contribution in [0.15, 0.2) is 12.1 Å². The first-order valence-electron chi connectivity index (χ1n) is 5.46. The molecule has 0 bridgehead atoms. The first-order chi connectivity index (χ1) is 7.75. The van der Waals surface area contributed by atoms with E-state index in [1.807, 2.05) is 0 Å². The van der Waals surface area contributed by atoms with Gasteiger partial charge in [-0.05, 0) is 6.07 Å². The van der Waals surface area contributed by atoms with Crippen molar-refractivity contribution in [3.63, 3.8) is 0 Å². The minimum Gasteiger partial charge on any atom is -0.379 e. The van der Waals surface area contributed by atoms with Crippen LogP contribution in [0.3, 0.4) is 0 Å². The van der Waals surface area contributed by atoms with Crippen molar-refractivity contribution in [1.82, 2.24) is 5.32 Å². The Balaban J connectivity index is 2.06. The van der Waals surface area contributed by atoms with Gasteiger partial charge in [0.15, 0.2) is 5.82 Å². The van der Waals surface area contributed by atoms with E-state index in [4.69, 9.17) is 0 Å². The fraction of sp³-hybridized carbons (Fsp3) is 0.455. The zero-order valence-electron chi connectivity index (χ0n) is 8.76. The molecular weight excluding hydrogens is 212 g/mol. The summed E-state index contributed by atoms with van der Waals surface area (Å²) in [6, 6.07) is 2.61. The third-order valence-corrected chi connectivity index (χ3v) is 3.21. The molecule has 1 fully saturated rings. The Morgan fingerprint density at radius 1 is 1.25 bits per heavy atom. The molecule has 0 spiro atoms. The predicted molar refractivity (Wildman–Crippen MR) is 58.9 cm³/mol. The van der Waals surface area contributed by atoms with Crippen molar-refractivity contribution in [3.8, 4) is 0 Å². The van der Waals surface area contributed by atoms with Gasteiger partial charge in [0.2, 0.25) is 0 Å². The Bertz CT molecular complexity index is 422. The normalized spacial score (nSPS) is 23.4. The Labute approximate surface area is 92.4 Å². The second-order valence-electron chi connectivity index (χ2n) is 4.21. The van der Waals surface area contributed by atoms with Crippen LogP contribution in [0.25, 0.3) is 0 Å². The molecule has 2 heterocycles. The van der Waals surface area contributed by atoms with Crippen LogP contribution < -0.4 is 15.5 Å². The van der Waals surface area contributed by atoms with Gasteiger partial charge in [0.1, 0.15) is 5.82 Å². The highest BCUT2D eigenvalue weighted by atomic mass is 19.1. The van der Waals surface area contributed by atoms with E-state index in [9.17, 15) is 8.78 Å². The molecule has 1 atom stereocenters. The topological polar surface area (TPSA) is 27.3 Å². The Morgan fingerprint density at radius 3 is 3.00 bits per heavy atom. The molecular formula is C11H13F2N3. The second-order valence-corrected chi connectivity index (χ2v) is 4.21. The Kier molecular flexibility index (Phi) is 2.21. The Morgan fingerprint density at radius 2 is 2.12 bits per heavy atom. The summed E-state index contributed by atoms with van der Waals surface area (Å²) in [6.07, 6.45) is 0. The number of piperazine rings is 1. The first kappa shape index (κ1) is 9.84. The number of rotatable bonds is 0. The highest BCUT2D eigenvalue weighted by Crippen LogP contribution is 2.34. The van der Waals surface area contributed by atoms with Gasteiger partial charge >= 0.3 is 0 Å². The average Bonchev–Trinajstić information content (AvgIpc) is 2.28. The van der Waals surface area contributed by atoms with Crippen LogP contribution in [0.4, 0.5) is 20.2 Å². The molecule has 86 valence electrons. The van der Waals surface area contributed by atoms with E-state index in [0.717, 1.165) is 25.7 Å². The molecule has 0 radical (unpaired) electrons. The molecule has 0 aromatic heterocycles. The number of benzene rings is 1. The monoisotopic (exact) mass is 225 g/mol. The second kappa shape index (κ2) is 3.59. The SMILES string of the molecule is Fc1cc(F)c2c(c1)N1CCNCC1CN2. The lowest BCUT2D eigenvalue weighted by Gasteiger charge is -2.42. The number of hydrogen-bond donors (Lipinski definition) is 2. The standard InChI is InChI=1S/C11H13F2N3/c12-7-3-9(13)11-10(4-7)16-2-1-14-5-8(16)6-15-11/h3-4,8,14-15H,1-2,5-6H2. The molecule has 2 aliphatic heterocycles. The van der Waals surface area contributed by atoms with Gasteiger partial charge in [-0.1, -0.05) is 0 Å². The van der Waals surface area contributed by atoms with Crippen molar-refractivity contribution in [3.05, 3.63) is 23.8 Å². The van der Waals surface area contributed by atoms with E-state index < -0.39 is 11.6 Å². The van der Waals surface area contributed by atoms with E-state index in [2.05, 4.69) is 15.5 Å². The smallest absolute Gasteiger partial charge is 0.151 e. The van der Waals surface area contributed by atoms with Crippen molar-refractivity contribution >= 4 is 11.4 Å². The summed E-state index contributed by atoms with van der Waals surface area (Å²) in [6.45, 7) is 3.20. The lowest BCUT2D eigenvalue weighted by atomic mass is 10.1. The van der Waals surface area contributed by atoms with Gasteiger partial charge in [-0.15, -0.1) is 0 Å². The summed E-state index contributed by atoms with van der Waals surface area (Å²) in [7, 11) is 0. The molecule has 2 aliphatic rings. The largest absolute Gasteiger partial charge is 0.379 e. The molecule has 0 saturated carbocycles. The van der Waals surface area contributed by atoms with Crippen molar-refractivity contribution < 1.29 is 8.78 Å². The Hall–Kier alpha value is -1.36. The van der Waals surface area contributed by atoms with Crippen LogP contribution in [-0.4, -0.2) is 32.2 Å². The van der Waals surface area contributed by atoms with E-state index in [1.54, 1.807) is 0 Å². The molecule has 3 rings (SSSR count). The van der Waals surface area contributed by atoms with Gasteiger partial charge in [0, 0.05) is 32.2 Å². The van der Waals surface area contributed by atoms with Gasteiger partial charge in [0.25, 0.3) is 0 Å². The molecule has 1 aromatic rings. The van der Waals surface area contributed by atoms with Gasteiger partial charge < -0.3 is 15.5 Å². The molecule has 16 heavy (non-hydrogen) atoms.